The Hall–Kier alpha value is -0.800. The van der Waals surface area contributed by atoms with E-state index in [2.05, 4.69) is 4.98 Å². The quantitative estimate of drug-likeness (QED) is 0.695. The standard InChI is InChI=1S/C8H6ClNOS/c1-4-2-5(9)7-6(3-4)12-8(11)10-7/h2-3H,1H3,(H,10,11). The van der Waals surface area contributed by atoms with Crippen molar-refractivity contribution in [3.8, 4) is 0 Å². The van der Waals surface area contributed by atoms with Gasteiger partial charge in [0.1, 0.15) is 0 Å². The molecule has 0 amide bonds. The molecule has 0 radical (unpaired) electrons. The molecular weight excluding hydrogens is 194 g/mol. The number of thiazole rings is 1. The van der Waals surface area contributed by atoms with Crippen LogP contribution in [0.3, 0.4) is 0 Å². The number of aromatic amines is 1. The van der Waals surface area contributed by atoms with Gasteiger partial charge in [0, 0.05) is 0 Å². The van der Waals surface area contributed by atoms with Crippen LogP contribution in [0.2, 0.25) is 5.02 Å². The molecule has 1 aromatic carbocycles. The Bertz CT molecular complexity index is 485. The van der Waals surface area contributed by atoms with Crippen molar-refractivity contribution in [2.45, 2.75) is 6.92 Å². The smallest absolute Gasteiger partial charge is 0.305 e. The average Bonchev–Trinajstić information content (AvgIpc) is 2.29. The maximum Gasteiger partial charge on any atom is 0.305 e. The molecule has 2 rings (SSSR count). The SMILES string of the molecule is Cc1cc(Cl)c2[nH]c(=O)sc2c1. The number of aromatic nitrogens is 1. The van der Waals surface area contributed by atoms with Crippen LogP contribution in [0.5, 0.6) is 0 Å². The molecule has 0 saturated heterocycles. The number of nitrogens with one attached hydrogen (secondary N) is 1. The maximum absolute atomic E-state index is 11.0. The molecule has 2 aromatic rings. The van der Waals surface area contributed by atoms with Crippen LogP contribution < -0.4 is 4.87 Å². The van der Waals surface area contributed by atoms with Gasteiger partial charge in [-0.05, 0) is 24.6 Å². The molecular formula is C8H6ClNOS. The van der Waals surface area contributed by atoms with E-state index in [1.807, 2.05) is 19.1 Å². The van der Waals surface area contributed by atoms with Crippen LogP contribution in [-0.2, 0) is 0 Å². The van der Waals surface area contributed by atoms with Crippen molar-refractivity contribution in [2.24, 2.45) is 0 Å². The van der Waals surface area contributed by atoms with E-state index in [4.69, 9.17) is 11.6 Å². The molecule has 0 fully saturated rings. The van der Waals surface area contributed by atoms with Gasteiger partial charge in [-0.15, -0.1) is 0 Å². The fourth-order valence-electron chi connectivity index (χ4n) is 1.14. The summed E-state index contributed by atoms with van der Waals surface area (Å²) in [5, 5.41) is 0.614. The molecule has 0 bridgehead atoms. The topological polar surface area (TPSA) is 32.9 Å². The van der Waals surface area contributed by atoms with Crippen molar-refractivity contribution >= 4 is 33.2 Å². The summed E-state index contributed by atoms with van der Waals surface area (Å²) in [6.45, 7) is 1.95. The minimum absolute atomic E-state index is 0.0579. The second-order valence-electron chi connectivity index (χ2n) is 2.63. The number of aryl methyl sites for hydroxylation is 1. The second-order valence-corrected chi connectivity index (χ2v) is 4.06. The minimum atomic E-state index is -0.0579. The van der Waals surface area contributed by atoms with Crippen LogP contribution >= 0.6 is 22.9 Å². The van der Waals surface area contributed by atoms with E-state index in [1.54, 1.807) is 0 Å². The monoisotopic (exact) mass is 199 g/mol. The number of rotatable bonds is 0. The zero-order valence-electron chi connectivity index (χ0n) is 6.35. The highest BCUT2D eigenvalue weighted by atomic mass is 35.5. The Morgan fingerprint density at radius 3 is 3.00 bits per heavy atom. The molecule has 0 aliphatic rings. The van der Waals surface area contributed by atoms with Crippen molar-refractivity contribution in [1.29, 1.82) is 0 Å². The van der Waals surface area contributed by atoms with E-state index in [0.29, 0.717) is 5.02 Å². The third-order valence-electron chi connectivity index (χ3n) is 1.63. The molecule has 0 aliphatic carbocycles. The summed E-state index contributed by atoms with van der Waals surface area (Å²) in [7, 11) is 0. The zero-order valence-corrected chi connectivity index (χ0v) is 7.92. The highest BCUT2D eigenvalue weighted by Crippen LogP contribution is 2.24. The number of H-pyrrole nitrogens is 1. The van der Waals surface area contributed by atoms with Gasteiger partial charge >= 0.3 is 4.87 Å². The Morgan fingerprint density at radius 2 is 2.25 bits per heavy atom. The summed E-state index contributed by atoms with van der Waals surface area (Å²) in [4.78, 5) is 13.6. The first-order valence-corrected chi connectivity index (χ1v) is 4.65. The number of halogens is 1. The first kappa shape index (κ1) is 7.83. The molecule has 0 aliphatic heterocycles. The zero-order chi connectivity index (χ0) is 8.72. The van der Waals surface area contributed by atoms with Crippen molar-refractivity contribution in [2.75, 3.05) is 0 Å². The largest absolute Gasteiger partial charge is 0.311 e. The molecule has 62 valence electrons. The number of fused-ring (bicyclic) bond motifs is 1. The molecule has 0 spiro atoms. The van der Waals surface area contributed by atoms with Gasteiger partial charge in [-0.2, -0.15) is 0 Å². The predicted molar refractivity (Wildman–Crippen MR) is 52.2 cm³/mol. The van der Waals surface area contributed by atoms with Crippen LogP contribution in [0.25, 0.3) is 10.2 Å². The van der Waals surface area contributed by atoms with E-state index in [9.17, 15) is 4.79 Å². The van der Waals surface area contributed by atoms with Gasteiger partial charge in [0.15, 0.2) is 0 Å². The van der Waals surface area contributed by atoms with Gasteiger partial charge in [0.05, 0.1) is 15.2 Å². The molecule has 1 N–H and O–H groups in total. The Balaban J connectivity index is 2.97. The molecule has 0 atom stereocenters. The second kappa shape index (κ2) is 2.61. The summed E-state index contributed by atoms with van der Waals surface area (Å²) >= 11 is 7.10. The van der Waals surface area contributed by atoms with Gasteiger partial charge in [-0.25, -0.2) is 0 Å². The summed E-state index contributed by atoms with van der Waals surface area (Å²) in [6.07, 6.45) is 0. The third kappa shape index (κ3) is 1.15. The average molecular weight is 200 g/mol. The maximum atomic E-state index is 11.0. The predicted octanol–water partition coefficient (Wildman–Crippen LogP) is 2.55. The summed E-state index contributed by atoms with van der Waals surface area (Å²) in [5.41, 5.74) is 1.82. The van der Waals surface area contributed by atoms with Crippen LogP contribution in [0.1, 0.15) is 5.56 Å². The van der Waals surface area contributed by atoms with Gasteiger partial charge in [0.2, 0.25) is 0 Å². The Labute approximate surface area is 77.8 Å². The molecule has 4 heteroatoms. The Morgan fingerprint density at radius 1 is 1.50 bits per heavy atom. The van der Waals surface area contributed by atoms with Crippen molar-refractivity contribution in [3.63, 3.8) is 0 Å². The lowest BCUT2D eigenvalue weighted by molar-refractivity contribution is 1.40. The summed E-state index contributed by atoms with van der Waals surface area (Å²) < 4.78 is 0.921. The molecule has 2 nitrogen and oxygen atoms in total. The van der Waals surface area contributed by atoms with Gasteiger partial charge in [0.25, 0.3) is 0 Å². The third-order valence-corrected chi connectivity index (χ3v) is 2.76. The van der Waals surface area contributed by atoms with Crippen molar-refractivity contribution in [1.82, 2.24) is 4.98 Å². The minimum Gasteiger partial charge on any atom is -0.311 e. The number of benzene rings is 1. The van der Waals surface area contributed by atoms with Crippen LogP contribution in [0, 0.1) is 6.92 Å². The molecule has 0 unspecified atom stereocenters. The summed E-state index contributed by atoms with van der Waals surface area (Å²) in [5.74, 6) is 0. The van der Waals surface area contributed by atoms with E-state index >= 15 is 0 Å². The summed E-state index contributed by atoms with van der Waals surface area (Å²) in [6, 6.07) is 3.79. The van der Waals surface area contributed by atoms with Crippen molar-refractivity contribution < 1.29 is 0 Å². The Kier molecular flexibility index (Phi) is 1.70. The lowest BCUT2D eigenvalue weighted by Crippen LogP contribution is -1.89. The van der Waals surface area contributed by atoms with E-state index in [0.717, 1.165) is 15.8 Å². The lowest BCUT2D eigenvalue weighted by atomic mass is 10.2. The van der Waals surface area contributed by atoms with Gasteiger partial charge in [-0.3, -0.25) is 4.79 Å². The molecule has 0 saturated carbocycles. The molecule has 1 aromatic heterocycles. The van der Waals surface area contributed by atoms with Crippen molar-refractivity contribution in [3.05, 3.63) is 32.4 Å². The first-order valence-electron chi connectivity index (χ1n) is 3.46. The fourth-order valence-corrected chi connectivity index (χ4v) is 2.38. The van der Waals surface area contributed by atoms with E-state index < -0.39 is 0 Å². The number of hydrogen-bond acceptors (Lipinski definition) is 2. The van der Waals surface area contributed by atoms with Gasteiger partial charge < -0.3 is 4.98 Å². The highest BCUT2D eigenvalue weighted by molar-refractivity contribution is 7.16. The van der Waals surface area contributed by atoms with E-state index in [-0.39, 0.29) is 4.87 Å². The normalized spacial score (nSPS) is 10.8. The fraction of sp³-hybridized carbons (Fsp3) is 0.125. The lowest BCUT2D eigenvalue weighted by Gasteiger charge is -1.94. The highest BCUT2D eigenvalue weighted by Gasteiger charge is 2.03. The number of hydrogen-bond donors (Lipinski definition) is 1. The molecule has 1 heterocycles. The van der Waals surface area contributed by atoms with Gasteiger partial charge in [-0.1, -0.05) is 22.9 Å². The van der Waals surface area contributed by atoms with E-state index in [1.165, 1.54) is 11.3 Å². The first-order chi connectivity index (χ1) is 5.66. The molecule has 12 heavy (non-hydrogen) atoms. The van der Waals surface area contributed by atoms with Crippen LogP contribution in [0.15, 0.2) is 16.9 Å². The van der Waals surface area contributed by atoms with Crippen LogP contribution in [-0.4, -0.2) is 4.98 Å². The van der Waals surface area contributed by atoms with Crippen LogP contribution in [0.4, 0.5) is 0 Å².